The average molecular weight is 340 g/mol. The molecule has 0 saturated carbocycles. The summed E-state index contributed by atoms with van der Waals surface area (Å²) in [7, 11) is 1.61. The van der Waals surface area contributed by atoms with Crippen LogP contribution >= 0.6 is 0 Å². The molecule has 2 aromatic carbocycles. The summed E-state index contributed by atoms with van der Waals surface area (Å²) < 4.78 is 5.10. The SMILES string of the molecule is COc1ccc(CC(=O)Nc2ccc(NC(=O)CC(C)C)cc2)cc1. The first-order valence-corrected chi connectivity index (χ1v) is 8.29. The van der Waals surface area contributed by atoms with E-state index in [9.17, 15) is 9.59 Å². The van der Waals surface area contributed by atoms with Gasteiger partial charge in [-0.25, -0.2) is 0 Å². The summed E-state index contributed by atoms with van der Waals surface area (Å²) in [5.41, 5.74) is 2.33. The highest BCUT2D eigenvalue weighted by Crippen LogP contribution is 2.16. The summed E-state index contributed by atoms with van der Waals surface area (Å²) in [5.74, 6) is 0.976. The van der Waals surface area contributed by atoms with Gasteiger partial charge in [-0.05, 0) is 47.9 Å². The van der Waals surface area contributed by atoms with Gasteiger partial charge < -0.3 is 15.4 Å². The molecule has 5 heteroatoms. The highest BCUT2D eigenvalue weighted by atomic mass is 16.5. The molecule has 2 N–H and O–H groups in total. The van der Waals surface area contributed by atoms with E-state index < -0.39 is 0 Å². The second kappa shape index (κ2) is 8.87. The second-order valence-electron chi connectivity index (χ2n) is 6.30. The maximum atomic E-state index is 12.1. The van der Waals surface area contributed by atoms with Gasteiger partial charge in [0.2, 0.25) is 11.8 Å². The molecule has 0 radical (unpaired) electrons. The maximum absolute atomic E-state index is 12.1. The Labute approximate surface area is 148 Å². The molecule has 0 saturated heterocycles. The topological polar surface area (TPSA) is 67.4 Å². The maximum Gasteiger partial charge on any atom is 0.228 e. The Morgan fingerprint density at radius 1 is 0.880 bits per heavy atom. The first-order chi connectivity index (χ1) is 12.0. The van der Waals surface area contributed by atoms with Crippen molar-refractivity contribution in [2.24, 2.45) is 5.92 Å². The molecule has 0 aliphatic rings. The largest absolute Gasteiger partial charge is 0.497 e. The highest BCUT2D eigenvalue weighted by Gasteiger charge is 2.07. The number of hydrogen-bond donors (Lipinski definition) is 2. The quantitative estimate of drug-likeness (QED) is 0.804. The van der Waals surface area contributed by atoms with Crippen LogP contribution in [-0.4, -0.2) is 18.9 Å². The van der Waals surface area contributed by atoms with Crippen molar-refractivity contribution in [2.75, 3.05) is 17.7 Å². The lowest BCUT2D eigenvalue weighted by molar-refractivity contribution is -0.117. The van der Waals surface area contributed by atoms with Gasteiger partial charge in [0, 0.05) is 17.8 Å². The van der Waals surface area contributed by atoms with Gasteiger partial charge in [0.05, 0.1) is 13.5 Å². The van der Waals surface area contributed by atoms with Crippen LogP contribution in [0.2, 0.25) is 0 Å². The molecular weight excluding hydrogens is 316 g/mol. The number of benzene rings is 2. The molecule has 5 nitrogen and oxygen atoms in total. The number of rotatable bonds is 7. The molecule has 0 spiro atoms. The van der Waals surface area contributed by atoms with Gasteiger partial charge in [-0.15, -0.1) is 0 Å². The number of ether oxygens (including phenoxy) is 1. The molecule has 0 atom stereocenters. The van der Waals surface area contributed by atoms with E-state index in [0.29, 0.717) is 18.0 Å². The van der Waals surface area contributed by atoms with Crippen LogP contribution in [0.15, 0.2) is 48.5 Å². The molecule has 132 valence electrons. The lowest BCUT2D eigenvalue weighted by Crippen LogP contribution is -2.15. The van der Waals surface area contributed by atoms with Crippen molar-refractivity contribution in [2.45, 2.75) is 26.7 Å². The van der Waals surface area contributed by atoms with Crippen LogP contribution in [0.1, 0.15) is 25.8 Å². The molecule has 0 bridgehead atoms. The summed E-state index contributed by atoms with van der Waals surface area (Å²) in [4.78, 5) is 23.9. The second-order valence-corrected chi connectivity index (χ2v) is 6.30. The Hall–Kier alpha value is -2.82. The molecule has 25 heavy (non-hydrogen) atoms. The molecule has 0 aliphatic heterocycles. The third-order valence-corrected chi connectivity index (χ3v) is 3.57. The predicted octanol–water partition coefficient (Wildman–Crippen LogP) is 3.86. The van der Waals surface area contributed by atoms with Gasteiger partial charge in [0.25, 0.3) is 0 Å². The van der Waals surface area contributed by atoms with Crippen molar-refractivity contribution in [1.29, 1.82) is 0 Å². The third-order valence-electron chi connectivity index (χ3n) is 3.57. The molecule has 0 heterocycles. The van der Waals surface area contributed by atoms with E-state index >= 15 is 0 Å². The van der Waals surface area contributed by atoms with E-state index in [0.717, 1.165) is 17.0 Å². The Balaban J connectivity index is 1.87. The van der Waals surface area contributed by atoms with Crippen LogP contribution in [0.25, 0.3) is 0 Å². The van der Waals surface area contributed by atoms with Crippen LogP contribution < -0.4 is 15.4 Å². The van der Waals surface area contributed by atoms with E-state index in [1.165, 1.54) is 0 Å². The van der Waals surface area contributed by atoms with Crippen molar-refractivity contribution in [3.63, 3.8) is 0 Å². The van der Waals surface area contributed by atoms with Crippen LogP contribution in [0.4, 0.5) is 11.4 Å². The minimum absolute atomic E-state index is 0.00806. The normalized spacial score (nSPS) is 10.4. The Morgan fingerprint density at radius 2 is 1.40 bits per heavy atom. The molecule has 0 aliphatic carbocycles. The van der Waals surface area contributed by atoms with E-state index in [1.54, 1.807) is 31.4 Å². The number of methoxy groups -OCH3 is 1. The standard InChI is InChI=1S/C20H24N2O3/c1-14(2)12-19(23)21-16-6-8-17(9-7-16)22-20(24)13-15-4-10-18(25-3)11-5-15/h4-11,14H,12-13H2,1-3H3,(H,21,23)(H,22,24). The fourth-order valence-corrected chi connectivity index (χ4v) is 2.35. The summed E-state index contributed by atoms with van der Waals surface area (Å²) >= 11 is 0. The molecule has 0 aromatic heterocycles. The molecule has 2 amide bonds. The van der Waals surface area contributed by atoms with Crippen molar-refractivity contribution in [3.05, 3.63) is 54.1 Å². The van der Waals surface area contributed by atoms with Crippen molar-refractivity contribution in [1.82, 2.24) is 0 Å². The molecule has 2 rings (SSSR count). The summed E-state index contributed by atoms with van der Waals surface area (Å²) in [6.45, 7) is 4.00. The van der Waals surface area contributed by atoms with Crippen molar-refractivity contribution < 1.29 is 14.3 Å². The van der Waals surface area contributed by atoms with Gasteiger partial charge in [-0.3, -0.25) is 9.59 Å². The average Bonchev–Trinajstić information content (AvgIpc) is 2.56. The van der Waals surface area contributed by atoms with Gasteiger partial charge >= 0.3 is 0 Å². The predicted molar refractivity (Wildman–Crippen MR) is 99.9 cm³/mol. The summed E-state index contributed by atoms with van der Waals surface area (Å²) in [6.07, 6.45) is 0.775. The minimum Gasteiger partial charge on any atom is -0.497 e. The summed E-state index contributed by atoms with van der Waals surface area (Å²) in [6, 6.07) is 14.5. The van der Waals surface area contributed by atoms with Crippen LogP contribution in [-0.2, 0) is 16.0 Å². The number of amides is 2. The van der Waals surface area contributed by atoms with Gasteiger partial charge in [0.1, 0.15) is 5.75 Å². The lowest BCUT2D eigenvalue weighted by atomic mass is 10.1. The van der Waals surface area contributed by atoms with E-state index in [1.807, 2.05) is 38.1 Å². The molecule has 2 aromatic rings. The van der Waals surface area contributed by atoms with E-state index in [2.05, 4.69) is 10.6 Å². The van der Waals surface area contributed by atoms with Crippen LogP contribution in [0, 0.1) is 5.92 Å². The van der Waals surface area contributed by atoms with E-state index in [4.69, 9.17) is 4.74 Å². The first-order valence-electron chi connectivity index (χ1n) is 8.29. The number of hydrogen-bond acceptors (Lipinski definition) is 3. The highest BCUT2D eigenvalue weighted by molar-refractivity contribution is 5.93. The lowest BCUT2D eigenvalue weighted by Gasteiger charge is -2.09. The van der Waals surface area contributed by atoms with E-state index in [-0.39, 0.29) is 18.2 Å². The van der Waals surface area contributed by atoms with Crippen molar-refractivity contribution >= 4 is 23.2 Å². The zero-order chi connectivity index (χ0) is 18.2. The van der Waals surface area contributed by atoms with Gasteiger partial charge in [0.15, 0.2) is 0 Å². The monoisotopic (exact) mass is 340 g/mol. The molecule has 0 fully saturated rings. The van der Waals surface area contributed by atoms with Gasteiger partial charge in [-0.1, -0.05) is 26.0 Å². The Bertz CT molecular complexity index is 707. The first kappa shape index (κ1) is 18.5. The van der Waals surface area contributed by atoms with Gasteiger partial charge in [-0.2, -0.15) is 0 Å². The van der Waals surface area contributed by atoms with Crippen LogP contribution in [0.3, 0.4) is 0 Å². The summed E-state index contributed by atoms with van der Waals surface area (Å²) in [5, 5.41) is 5.69. The zero-order valence-corrected chi connectivity index (χ0v) is 14.8. The number of carbonyl (C=O) groups excluding carboxylic acids is 2. The zero-order valence-electron chi connectivity index (χ0n) is 14.8. The third kappa shape index (κ3) is 6.30. The molecule has 0 unspecified atom stereocenters. The fraction of sp³-hybridized carbons (Fsp3) is 0.300. The smallest absolute Gasteiger partial charge is 0.228 e. The van der Waals surface area contributed by atoms with Crippen molar-refractivity contribution in [3.8, 4) is 5.75 Å². The van der Waals surface area contributed by atoms with Crippen LogP contribution in [0.5, 0.6) is 5.75 Å². The number of nitrogens with one attached hydrogen (secondary N) is 2. The fourth-order valence-electron chi connectivity index (χ4n) is 2.35. The number of carbonyl (C=O) groups is 2. The Kier molecular flexibility index (Phi) is 6.57. The minimum atomic E-state index is -0.0956. The molecular formula is C20H24N2O3. The Morgan fingerprint density at radius 3 is 1.88 bits per heavy atom. The number of anilines is 2.